The average molecular weight is 691 g/mol. The monoisotopic (exact) mass is 690 g/mol. The number of benzene rings is 1. The van der Waals surface area contributed by atoms with Crippen LogP contribution < -0.4 is 5.32 Å². The number of pyridine rings is 1. The number of rotatable bonds is 7. The highest BCUT2D eigenvalue weighted by Crippen LogP contribution is 2.40. The number of ether oxygens (including phenoxy) is 1. The summed E-state index contributed by atoms with van der Waals surface area (Å²) < 4.78 is 56.6. The lowest BCUT2D eigenvalue weighted by Crippen LogP contribution is -2.58. The number of nitrogens with zero attached hydrogens (tertiary/aromatic N) is 7. The Morgan fingerprint density at radius 2 is 1.88 bits per heavy atom. The van der Waals surface area contributed by atoms with Gasteiger partial charge < -0.3 is 24.6 Å². The third-order valence-corrected chi connectivity index (χ3v) is 9.67. The molecule has 2 N–H and O–H groups in total. The first-order valence-corrected chi connectivity index (χ1v) is 16.6. The first-order chi connectivity index (χ1) is 23.9. The van der Waals surface area contributed by atoms with Crippen molar-refractivity contribution < 1.29 is 32.3 Å². The van der Waals surface area contributed by atoms with E-state index < -0.39 is 41.3 Å². The molecule has 0 radical (unpaired) electrons. The van der Waals surface area contributed by atoms with E-state index >= 15 is 0 Å². The number of aromatic nitrogens is 6. The van der Waals surface area contributed by atoms with Gasteiger partial charge in [-0.1, -0.05) is 35.5 Å². The third-order valence-electron chi connectivity index (χ3n) is 9.67. The zero-order valence-corrected chi connectivity index (χ0v) is 27.9. The Bertz CT molecular complexity index is 2010. The molecule has 2 aliphatic heterocycles. The number of carbonyl (C=O) groups is 1. The highest BCUT2D eigenvalue weighted by atomic mass is 19.4. The lowest BCUT2D eigenvalue weighted by atomic mass is 9.81. The average Bonchev–Trinajstić information content (AvgIpc) is 3.64. The number of halogens is 3. The molecule has 1 unspecified atom stereocenters. The molecule has 2 saturated heterocycles. The second-order valence-electron chi connectivity index (χ2n) is 13.3. The van der Waals surface area contributed by atoms with E-state index in [0.717, 1.165) is 24.6 Å². The molecule has 2 aliphatic rings. The number of amides is 1. The summed E-state index contributed by atoms with van der Waals surface area (Å²) in [5.74, 6) is 0.497. The number of carboxylic acid groups (broad SMARTS) is 1. The van der Waals surface area contributed by atoms with Crippen LogP contribution in [0.15, 0.2) is 53.2 Å². The van der Waals surface area contributed by atoms with Gasteiger partial charge in [-0.2, -0.15) is 18.3 Å². The quantitative estimate of drug-likeness (QED) is 0.177. The maximum atomic E-state index is 14.6. The largest absolute Gasteiger partial charge is 0.465 e. The highest BCUT2D eigenvalue weighted by molar-refractivity contribution is 5.92. The Morgan fingerprint density at radius 3 is 2.56 bits per heavy atom. The minimum absolute atomic E-state index is 0.0176. The molecular weight excluding hydrogens is 653 g/mol. The molecule has 2 fully saturated rings. The van der Waals surface area contributed by atoms with Crippen LogP contribution in [0.5, 0.6) is 0 Å². The molecule has 0 aliphatic carbocycles. The summed E-state index contributed by atoms with van der Waals surface area (Å²) in [5, 5.41) is 22.4. The molecule has 3 atom stereocenters. The van der Waals surface area contributed by atoms with Gasteiger partial charge in [-0.15, -0.1) is 0 Å². The molecule has 0 saturated carbocycles. The standard InChI is InChI=1S/C35H37F3N8O4/c1-20-28(21(2)50-44-20)26-13-12-24-29(43-46(31(24)41-26)27-11-7-8-16-49-27)30-25(35(36,37)38)18-39-32(42-30)40-23-14-15-34(3,45(19-23)33(47)48)17-22-9-5-4-6-10-22/h4-6,9-10,12-13,18,23,27H,7-8,11,14-17,19H2,1-3H3,(H,47,48)(H,39,40,42)/t23-,27?,34-/m0/s1. The first kappa shape index (κ1) is 33.4. The summed E-state index contributed by atoms with van der Waals surface area (Å²) in [4.78, 5) is 27.2. The van der Waals surface area contributed by atoms with Crippen molar-refractivity contribution in [3.63, 3.8) is 0 Å². The fourth-order valence-electron chi connectivity index (χ4n) is 7.12. The Morgan fingerprint density at radius 1 is 1.08 bits per heavy atom. The maximum absolute atomic E-state index is 14.6. The van der Waals surface area contributed by atoms with Crippen LogP contribution in [-0.4, -0.2) is 70.7 Å². The molecule has 0 spiro atoms. The van der Waals surface area contributed by atoms with Crippen molar-refractivity contribution in [2.75, 3.05) is 18.5 Å². The van der Waals surface area contributed by atoms with Crippen LogP contribution in [0.3, 0.4) is 0 Å². The smallest absolute Gasteiger partial charge is 0.420 e. The van der Waals surface area contributed by atoms with Crippen molar-refractivity contribution in [2.45, 2.75) is 83.3 Å². The first-order valence-electron chi connectivity index (χ1n) is 16.6. The Balaban J connectivity index is 1.26. The van der Waals surface area contributed by atoms with Crippen molar-refractivity contribution in [3.8, 4) is 22.6 Å². The van der Waals surface area contributed by atoms with Crippen LogP contribution in [0.2, 0.25) is 0 Å². The number of likely N-dealkylation sites (tertiary alicyclic amines) is 1. The molecule has 5 aromatic rings. The summed E-state index contributed by atoms with van der Waals surface area (Å²) in [6, 6.07) is 12.6. The van der Waals surface area contributed by atoms with Gasteiger partial charge in [0.2, 0.25) is 5.95 Å². The molecule has 0 bridgehead atoms. The Labute approximate surface area is 285 Å². The number of aryl methyl sites for hydroxylation is 2. The van der Waals surface area contributed by atoms with E-state index in [1.165, 1.54) is 4.90 Å². The van der Waals surface area contributed by atoms with E-state index in [1.54, 1.807) is 30.7 Å². The van der Waals surface area contributed by atoms with Gasteiger partial charge in [-0.3, -0.25) is 0 Å². The van der Waals surface area contributed by atoms with Crippen molar-refractivity contribution >= 4 is 23.1 Å². The van der Waals surface area contributed by atoms with Gasteiger partial charge in [0.05, 0.1) is 17.0 Å². The predicted molar refractivity (Wildman–Crippen MR) is 177 cm³/mol. The minimum Gasteiger partial charge on any atom is -0.465 e. The van der Waals surface area contributed by atoms with Crippen molar-refractivity contribution in [3.05, 3.63) is 71.2 Å². The van der Waals surface area contributed by atoms with Gasteiger partial charge in [0.15, 0.2) is 11.9 Å². The second-order valence-corrected chi connectivity index (χ2v) is 13.3. The number of nitrogens with one attached hydrogen (secondary N) is 1. The highest BCUT2D eigenvalue weighted by Gasteiger charge is 2.42. The summed E-state index contributed by atoms with van der Waals surface area (Å²) in [6.45, 7) is 6.06. The number of anilines is 1. The molecule has 12 nitrogen and oxygen atoms in total. The Hall–Kier alpha value is -5.05. The van der Waals surface area contributed by atoms with Gasteiger partial charge in [0.25, 0.3) is 0 Å². The molecule has 15 heteroatoms. The number of fused-ring (bicyclic) bond motifs is 1. The molecule has 6 heterocycles. The lowest BCUT2D eigenvalue weighted by Gasteiger charge is -2.46. The SMILES string of the molecule is Cc1noc(C)c1-c1ccc2c(-c3nc(N[C@H]4CC[C@@](C)(Cc5ccccc5)N(C(=O)O)C4)ncc3C(F)(F)F)nn(C3CCCCO3)c2n1. The van der Waals surface area contributed by atoms with Crippen LogP contribution in [0.4, 0.5) is 23.9 Å². The minimum atomic E-state index is -4.79. The number of hydrogen-bond donors (Lipinski definition) is 2. The van der Waals surface area contributed by atoms with Crippen LogP contribution in [0, 0.1) is 13.8 Å². The van der Waals surface area contributed by atoms with Gasteiger partial charge in [-0.05, 0) is 77.0 Å². The predicted octanol–water partition coefficient (Wildman–Crippen LogP) is 7.43. The van der Waals surface area contributed by atoms with Gasteiger partial charge >= 0.3 is 12.3 Å². The Kier molecular flexibility index (Phi) is 8.70. The van der Waals surface area contributed by atoms with Gasteiger partial charge in [0, 0.05) is 36.3 Å². The summed E-state index contributed by atoms with van der Waals surface area (Å²) >= 11 is 0. The van der Waals surface area contributed by atoms with E-state index in [1.807, 2.05) is 37.3 Å². The zero-order valence-electron chi connectivity index (χ0n) is 27.9. The summed E-state index contributed by atoms with van der Waals surface area (Å²) in [7, 11) is 0. The second kappa shape index (κ2) is 13.0. The molecule has 1 amide bonds. The molecule has 1 aromatic carbocycles. The lowest BCUT2D eigenvalue weighted by molar-refractivity contribution is -0.137. The topological polar surface area (TPSA) is 144 Å². The zero-order chi connectivity index (χ0) is 35.2. The van der Waals surface area contributed by atoms with Crippen molar-refractivity contribution in [1.82, 2.24) is 34.8 Å². The maximum Gasteiger partial charge on any atom is 0.420 e. The molecule has 7 rings (SSSR count). The van der Waals surface area contributed by atoms with Gasteiger partial charge in [-0.25, -0.2) is 24.4 Å². The van der Waals surface area contributed by atoms with Crippen molar-refractivity contribution in [2.24, 2.45) is 0 Å². The van der Waals surface area contributed by atoms with Crippen LogP contribution >= 0.6 is 0 Å². The van der Waals surface area contributed by atoms with E-state index in [-0.39, 0.29) is 18.2 Å². The van der Waals surface area contributed by atoms with Crippen LogP contribution in [-0.2, 0) is 17.3 Å². The number of alkyl halides is 3. The molecule has 262 valence electrons. The fourth-order valence-corrected chi connectivity index (χ4v) is 7.12. The molecule has 50 heavy (non-hydrogen) atoms. The van der Waals surface area contributed by atoms with E-state index in [4.69, 9.17) is 19.3 Å². The van der Waals surface area contributed by atoms with Crippen molar-refractivity contribution in [1.29, 1.82) is 0 Å². The van der Waals surface area contributed by atoms with E-state index in [9.17, 15) is 23.1 Å². The van der Waals surface area contributed by atoms with Crippen LogP contribution in [0.25, 0.3) is 33.7 Å². The summed E-state index contributed by atoms with van der Waals surface area (Å²) in [6.07, 6.45) is -1.71. The third kappa shape index (κ3) is 6.37. The molecule has 4 aromatic heterocycles. The van der Waals surface area contributed by atoms with E-state index in [0.29, 0.717) is 66.0 Å². The number of piperidine rings is 1. The summed E-state index contributed by atoms with van der Waals surface area (Å²) in [5.41, 5.74) is 1.06. The fraction of sp³-hybridized carbons (Fsp3) is 0.429. The number of hydrogen-bond acceptors (Lipinski definition) is 9. The van der Waals surface area contributed by atoms with E-state index in [2.05, 4.69) is 20.4 Å². The van der Waals surface area contributed by atoms with Crippen LogP contribution in [0.1, 0.15) is 67.8 Å². The van der Waals surface area contributed by atoms with Gasteiger partial charge in [0.1, 0.15) is 22.7 Å². The normalized spacial score (nSPS) is 21.4. The molecular formula is C35H37F3N8O4.